The monoisotopic (exact) mass is 604 g/mol. The summed E-state index contributed by atoms with van der Waals surface area (Å²) in [5.74, 6) is -2.70. The number of rotatable bonds is 7. The number of para-hydroxylation sites is 1. The number of carbonyl (C=O) groups is 4. The number of hydrogen-bond donors (Lipinski definition) is 2. The summed E-state index contributed by atoms with van der Waals surface area (Å²) in [6.45, 7) is 9.65. The number of carbonyl (C=O) groups excluding carboxylic acids is 4. The van der Waals surface area contributed by atoms with Crippen LogP contribution < -0.4 is 16.2 Å². The van der Waals surface area contributed by atoms with Crippen molar-refractivity contribution in [2.45, 2.75) is 78.4 Å². The van der Waals surface area contributed by atoms with Gasteiger partial charge in [0.2, 0.25) is 11.5 Å². The number of nitrogens with one attached hydrogen (secondary N) is 2. The molecule has 0 bridgehead atoms. The summed E-state index contributed by atoms with van der Waals surface area (Å²) in [7, 11) is 0. The highest BCUT2D eigenvalue weighted by Gasteiger charge is 2.50. The fraction of sp³-hybridized carbons (Fsp3) is 0.438. The zero-order chi connectivity index (χ0) is 32.0. The number of pyridine rings is 2. The van der Waals surface area contributed by atoms with Crippen LogP contribution in [0.25, 0.3) is 22.3 Å². The van der Waals surface area contributed by atoms with E-state index in [2.05, 4.69) is 10.6 Å². The normalized spacial score (nSPS) is 17.7. The topological polar surface area (TPSA) is 155 Å². The Balaban J connectivity index is 1.40. The first kappa shape index (κ1) is 30.7. The number of hydrogen-bond acceptors (Lipinski definition) is 9. The second-order valence-electron chi connectivity index (χ2n) is 12.3. The summed E-state index contributed by atoms with van der Waals surface area (Å²) in [5.41, 5.74) is 0.166. The molecule has 0 spiro atoms. The van der Waals surface area contributed by atoms with Crippen molar-refractivity contribution in [2.75, 3.05) is 6.54 Å². The summed E-state index contributed by atoms with van der Waals surface area (Å²) < 4.78 is 18.0. The molecular weight excluding hydrogens is 568 g/mol. The molecule has 12 heteroatoms. The van der Waals surface area contributed by atoms with Gasteiger partial charge in [0.25, 0.3) is 5.56 Å². The minimum absolute atomic E-state index is 0.0196. The van der Waals surface area contributed by atoms with Crippen LogP contribution in [0.3, 0.4) is 0 Å². The number of amides is 2. The van der Waals surface area contributed by atoms with Gasteiger partial charge in [-0.2, -0.15) is 0 Å². The Labute approximate surface area is 254 Å². The number of fused-ring (bicyclic) bond motifs is 5. The lowest BCUT2D eigenvalue weighted by molar-refractivity contribution is -0.189. The first-order valence-electron chi connectivity index (χ1n) is 14.6. The summed E-state index contributed by atoms with van der Waals surface area (Å²) in [4.78, 5) is 70.1. The molecule has 2 aliphatic heterocycles. The zero-order valence-electron chi connectivity index (χ0n) is 25.6. The van der Waals surface area contributed by atoms with Gasteiger partial charge in [0.15, 0.2) is 0 Å². The molecule has 0 saturated carbocycles. The quantitative estimate of drug-likeness (QED) is 0.239. The zero-order valence-corrected chi connectivity index (χ0v) is 25.6. The van der Waals surface area contributed by atoms with Crippen LogP contribution in [0.15, 0.2) is 41.2 Å². The lowest BCUT2D eigenvalue weighted by atomic mass is 9.85. The van der Waals surface area contributed by atoms with E-state index in [-0.39, 0.29) is 35.6 Å². The van der Waals surface area contributed by atoms with Crippen molar-refractivity contribution in [3.8, 4) is 11.4 Å². The standard InChI is InChI=1S/C32H36N4O8/c1-7-32(43-24(37)14-33-27(38)25(17(2)3)35-30(41)44-31(4,5)6)21-13-23-26-19(12-18-10-8-9-11-22(18)34-26)15-36(23)28(39)20(21)16-42-29(32)40/h8-13,17,25H,7,14-16H2,1-6H3,(H,33,38)(H,35,41)/t25-,32-/m0/s1. The number of cyclic esters (lactones) is 1. The Morgan fingerprint density at radius 2 is 1.86 bits per heavy atom. The maximum atomic E-state index is 13.7. The van der Waals surface area contributed by atoms with Gasteiger partial charge in [-0.1, -0.05) is 39.0 Å². The minimum atomic E-state index is -1.91. The van der Waals surface area contributed by atoms with Gasteiger partial charge in [0.1, 0.15) is 24.8 Å². The highest BCUT2D eigenvalue weighted by Crippen LogP contribution is 2.40. The van der Waals surface area contributed by atoms with Gasteiger partial charge in [0, 0.05) is 16.5 Å². The third-order valence-corrected chi connectivity index (χ3v) is 7.70. The van der Waals surface area contributed by atoms with Gasteiger partial charge < -0.3 is 29.4 Å². The first-order valence-corrected chi connectivity index (χ1v) is 14.6. The third kappa shape index (κ3) is 5.63. The Morgan fingerprint density at radius 3 is 2.55 bits per heavy atom. The van der Waals surface area contributed by atoms with Gasteiger partial charge in [0.05, 0.1) is 29.0 Å². The van der Waals surface area contributed by atoms with E-state index >= 15 is 0 Å². The molecule has 4 heterocycles. The van der Waals surface area contributed by atoms with E-state index in [4.69, 9.17) is 19.2 Å². The SMILES string of the molecule is CC[C@@]1(OC(=O)CNC(=O)[C@@H](NC(=O)OC(C)(C)C)C(C)C)C(=O)OCc2c1cc1n(c2=O)Cc2cc3ccccc3nc2-1. The summed E-state index contributed by atoms with van der Waals surface area (Å²) >= 11 is 0. The number of ether oxygens (including phenoxy) is 3. The van der Waals surface area contributed by atoms with Gasteiger partial charge in [-0.3, -0.25) is 14.4 Å². The van der Waals surface area contributed by atoms with Crippen LogP contribution in [0.1, 0.15) is 64.7 Å². The Hall–Kier alpha value is -4.74. The number of esters is 2. The molecule has 3 aromatic rings. The van der Waals surface area contributed by atoms with Crippen LogP contribution in [0.5, 0.6) is 0 Å². The van der Waals surface area contributed by atoms with Crippen molar-refractivity contribution in [3.63, 3.8) is 0 Å². The van der Waals surface area contributed by atoms with Crippen molar-refractivity contribution < 1.29 is 33.4 Å². The Bertz CT molecular complexity index is 1740. The van der Waals surface area contributed by atoms with Crippen LogP contribution in [0.4, 0.5) is 4.79 Å². The second-order valence-corrected chi connectivity index (χ2v) is 12.3. The molecule has 0 aliphatic carbocycles. The molecule has 0 fully saturated rings. The molecule has 12 nitrogen and oxygen atoms in total. The summed E-state index contributed by atoms with van der Waals surface area (Å²) in [6, 6.07) is 10.3. The van der Waals surface area contributed by atoms with E-state index in [0.717, 1.165) is 16.5 Å². The van der Waals surface area contributed by atoms with Gasteiger partial charge in [-0.05, 0) is 51.3 Å². The van der Waals surface area contributed by atoms with Gasteiger partial charge in [-0.25, -0.2) is 14.6 Å². The molecule has 2 aromatic heterocycles. The average molecular weight is 605 g/mol. The van der Waals surface area contributed by atoms with Crippen LogP contribution in [-0.2, 0) is 47.3 Å². The summed E-state index contributed by atoms with van der Waals surface area (Å²) in [6.07, 6.45) is -0.794. The molecule has 0 saturated heterocycles. The van der Waals surface area contributed by atoms with Crippen molar-refractivity contribution in [1.29, 1.82) is 0 Å². The van der Waals surface area contributed by atoms with Gasteiger partial charge in [-0.15, -0.1) is 0 Å². The molecule has 2 aliphatic rings. The van der Waals surface area contributed by atoms with Crippen LogP contribution in [0, 0.1) is 5.92 Å². The molecule has 2 amide bonds. The molecular formula is C32H36N4O8. The van der Waals surface area contributed by atoms with Crippen molar-refractivity contribution >= 4 is 34.8 Å². The van der Waals surface area contributed by atoms with Gasteiger partial charge >= 0.3 is 18.0 Å². The highest BCUT2D eigenvalue weighted by atomic mass is 16.6. The largest absolute Gasteiger partial charge is 0.457 e. The van der Waals surface area contributed by atoms with Crippen LogP contribution >= 0.6 is 0 Å². The fourth-order valence-electron chi connectivity index (χ4n) is 5.55. The molecule has 0 radical (unpaired) electrons. The Morgan fingerprint density at radius 1 is 1.14 bits per heavy atom. The third-order valence-electron chi connectivity index (χ3n) is 7.70. The van der Waals surface area contributed by atoms with Crippen LogP contribution in [-0.4, -0.2) is 51.7 Å². The molecule has 0 unspecified atom stereocenters. The van der Waals surface area contributed by atoms with Crippen LogP contribution in [0.2, 0.25) is 0 Å². The fourth-order valence-corrected chi connectivity index (χ4v) is 5.55. The number of benzene rings is 1. The molecule has 44 heavy (non-hydrogen) atoms. The van der Waals surface area contributed by atoms with E-state index < -0.39 is 47.7 Å². The maximum Gasteiger partial charge on any atom is 0.408 e. The van der Waals surface area contributed by atoms with Crippen molar-refractivity contribution in [1.82, 2.24) is 20.2 Å². The molecule has 5 rings (SSSR count). The second kappa shape index (κ2) is 11.4. The number of nitrogens with zero attached hydrogens (tertiary/aromatic N) is 2. The lowest BCUT2D eigenvalue weighted by Gasteiger charge is -2.35. The van der Waals surface area contributed by atoms with E-state index in [9.17, 15) is 24.0 Å². The lowest BCUT2D eigenvalue weighted by Crippen LogP contribution is -2.52. The highest BCUT2D eigenvalue weighted by molar-refractivity contribution is 5.91. The number of alkyl carbamates (subject to hydrolysis) is 1. The number of aromatic nitrogens is 2. The first-order chi connectivity index (χ1) is 20.7. The Kier molecular flexibility index (Phi) is 7.96. The molecule has 232 valence electrons. The summed E-state index contributed by atoms with van der Waals surface area (Å²) in [5, 5.41) is 5.94. The van der Waals surface area contributed by atoms with E-state index in [1.54, 1.807) is 52.2 Å². The molecule has 1 aromatic carbocycles. The molecule has 2 N–H and O–H groups in total. The van der Waals surface area contributed by atoms with E-state index in [0.29, 0.717) is 17.9 Å². The predicted molar refractivity (Wildman–Crippen MR) is 159 cm³/mol. The van der Waals surface area contributed by atoms with E-state index in [1.165, 1.54) is 0 Å². The minimum Gasteiger partial charge on any atom is -0.457 e. The smallest absolute Gasteiger partial charge is 0.408 e. The average Bonchev–Trinajstić information content (AvgIpc) is 3.31. The maximum absolute atomic E-state index is 13.7. The van der Waals surface area contributed by atoms with E-state index in [1.807, 2.05) is 30.3 Å². The predicted octanol–water partition coefficient (Wildman–Crippen LogP) is 3.30. The van der Waals surface area contributed by atoms with Crippen molar-refractivity contribution in [3.05, 3.63) is 63.4 Å². The van der Waals surface area contributed by atoms with Crippen molar-refractivity contribution in [2.24, 2.45) is 5.92 Å². The molecule has 2 atom stereocenters.